The molecule has 11 heteroatoms. The first-order valence-corrected chi connectivity index (χ1v) is 10.6. The van der Waals surface area contributed by atoms with E-state index in [1.54, 1.807) is 0 Å². The van der Waals surface area contributed by atoms with Crippen molar-refractivity contribution in [1.29, 1.82) is 0 Å². The van der Waals surface area contributed by atoms with Crippen LogP contribution in [0.5, 0.6) is 0 Å². The van der Waals surface area contributed by atoms with Crippen LogP contribution < -0.4 is 12.4 Å². The van der Waals surface area contributed by atoms with Crippen LogP contribution in [0.4, 0.5) is 0 Å². The van der Waals surface area contributed by atoms with Crippen LogP contribution in [0.3, 0.4) is 0 Å². The molecule has 1 saturated carbocycles. The molecular weight excluding hydrogens is 360 g/mol. The van der Waals surface area contributed by atoms with E-state index in [0.717, 1.165) is 25.7 Å². The van der Waals surface area contributed by atoms with Gasteiger partial charge in [-0.3, -0.25) is 13.6 Å². The lowest BCUT2D eigenvalue weighted by molar-refractivity contribution is -0.923. The summed E-state index contributed by atoms with van der Waals surface area (Å²) in [5, 5.41) is 0. The Kier molecular flexibility index (Phi) is 8.48. The molecule has 0 bridgehead atoms. The Bertz CT molecular complexity index is 400. The van der Waals surface area contributed by atoms with Gasteiger partial charge in [0.2, 0.25) is 0 Å². The van der Waals surface area contributed by atoms with Crippen molar-refractivity contribution in [3.63, 3.8) is 0 Å². The molecule has 1 aliphatic rings. The molecule has 0 spiro atoms. The first kappa shape index (κ1) is 21.9. The second-order valence-electron chi connectivity index (χ2n) is 5.66. The van der Waals surface area contributed by atoms with Crippen LogP contribution in [0.1, 0.15) is 38.5 Å². The lowest BCUT2D eigenvalue weighted by Gasteiger charge is -2.45. The second kappa shape index (κ2) is 8.13. The smallest absolute Gasteiger partial charge is 0.395 e. The lowest BCUT2D eigenvalue weighted by atomic mass is 10.1. The molecule has 1 fully saturated rings. The van der Waals surface area contributed by atoms with Crippen LogP contribution in [-0.4, -0.2) is 48.5 Å². The Labute approximate surface area is 136 Å². The van der Waals surface area contributed by atoms with Crippen molar-refractivity contribution in [2.45, 2.75) is 50.1 Å². The van der Waals surface area contributed by atoms with E-state index in [1.807, 2.05) is 0 Å². The highest BCUT2D eigenvalue weighted by Gasteiger charge is 2.58. The summed E-state index contributed by atoms with van der Waals surface area (Å²) in [5.41, 5.74) is -2.03. The SMILES string of the molecule is C[N+](CS)(C1CCCCCC1)C(P(=O)(O)O)P(=O)(O)O.[Cl-]. The van der Waals surface area contributed by atoms with Gasteiger partial charge in [-0.05, 0) is 25.7 Å². The minimum atomic E-state index is -4.96. The number of nitrogens with zero attached hydrogens (tertiary/aromatic N) is 1. The van der Waals surface area contributed by atoms with Crippen molar-refractivity contribution in [2.75, 3.05) is 12.9 Å². The summed E-state index contributed by atoms with van der Waals surface area (Å²) >= 11 is 4.14. The van der Waals surface area contributed by atoms with Crippen LogP contribution in [0.2, 0.25) is 0 Å². The van der Waals surface area contributed by atoms with Crippen LogP contribution in [0.15, 0.2) is 0 Å². The minimum absolute atomic E-state index is 0. The van der Waals surface area contributed by atoms with Gasteiger partial charge >= 0.3 is 15.2 Å². The van der Waals surface area contributed by atoms with Gasteiger partial charge in [-0.15, -0.1) is 12.6 Å². The molecule has 0 aromatic rings. The fraction of sp³-hybridized carbons (Fsp3) is 1.00. The molecule has 0 aliphatic heterocycles. The van der Waals surface area contributed by atoms with Crippen molar-refractivity contribution < 1.29 is 45.6 Å². The predicted octanol–water partition coefficient (Wildman–Crippen LogP) is -1.31. The Morgan fingerprint density at radius 2 is 1.43 bits per heavy atom. The fourth-order valence-electron chi connectivity index (χ4n) is 3.11. The number of quaternary nitrogens is 1. The first-order chi connectivity index (χ1) is 9.03. The summed E-state index contributed by atoms with van der Waals surface area (Å²) in [6.45, 7) is 0. The minimum Gasteiger partial charge on any atom is -1.00 e. The van der Waals surface area contributed by atoms with Crippen LogP contribution in [0.25, 0.3) is 0 Å². The molecule has 7 nitrogen and oxygen atoms in total. The second-order valence-corrected chi connectivity index (χ2v) is 9.68. The molecule has 1 aliphatic carbocycles. The van der Waals surface area contributed by atoms with Crippen LogP contribution >= 0.6 is 27.8 Å². The molecule has 0 aromatic carbocycles. The summed E-state index contributed by atoms with van der Waals surface area (Å²) in [7, 11) is -8.42. The number of rotatable bonds is 5. The van der Waals surface area contributed by atoms with Gasteiger partial charge in [-0.1, -0.05) is 12.8 Å². The van der Waals surface area contributed by atoms with E-state index in [0.29, 0.717) is 12.8 Å². The third kappa shape index (κ3) is 5.48. The van der Waals surface area contributed by atoms with Crippen molar-refractivity contribution in [1.82, 2.24) is 0 Å². The summed E-state index contributed by atoms with van der Waals surface area (Å²) in [6.07, 6.45) is 5.29. The van der Waals surface area contributed by atoms with E-state index in [-0.39, 0.29) is 24.3 Å². The predicted molar refractivity (Wildman–Crippen MR) is 79.4 cm³/mol. The van der Waals surface area contributed by atoms with E-state index in [9.17, 15) is 28.7 Å². The highest BCUT2D eigenvalue weighted by Crippen LogP contribution is 2.64. The summed E-state index contributed by atoms with van der Waals surface area (Å²) in [6, 6.07) is -0.194. The van der Waals surface area contributed by atoms with Gasteiger partial charge in [0.15, 0.2) is 0 Å². The summed E-state index contributed by atoms with van der Waals surface area (Å²) in [4.78, 5) is 37.8. The molecule has 0 amide bonds. The normalized spacial score (nSPS) is 21.5. The fourth-order valence-corrected chi connectivity index (χ4v) is 7.24. The van der Waals surface area contributed by atoms with Gasteiger partial charge in [0, 0.05) is 0 Å². The maximum atomic E-state index is 11.7. The Hall–Kier alpha value is 0.900. The Balaban J connectivity index is 0.00000400. The highest BCUT2D eigenvalue weighted by atomic mass is 35.5. The molecule has 0 heterocycles. The molecule has 21 heavy (non-hydrogen) atoms. The monoisotopic (exact) mass is 383 g/mol. The summed E-state index contributed by atoms with van der Waals surface area (Å²) in [5.74, 6) is -0.0223. The molecule has 1 rings (SSSR count). The zero-order chi connectivity index (χ0) is 15.6. The topological polar surface area (TPSA) is 115 Å². The molecule has 0 radical (unpaired) electrons. The van der Waals surface area contributed by atoms with Gasteiger partial charge in [-0.25, -0.2) is 0 Å². The van der Waals surface area contributed by atoms with Crippen molar-refractivity contribution in [2.24, 2.45) is 0 Å². The van der Waals surface area contributed by atoms with Crippen molar-refractivity contribution >= 4 is 27.8 Å². The van der Waals surface area contributed by atoms with E-state index in [4.69, 9.17) is 0 Å². The standard InChI is InChI=1S/C10H23NO6P2S.ClH/c1-11(8-20,9-6-4-2-3-5-7-9)10(18(12,13)14)19(15,16)17;/h9-10H,2-8H2,1H3,(H4-,12,13,14,15,16,17,20);1H. The Morgan fingerprint density at radius 1 is 1.05 bits per heavy atom. The molecule has 128 valence electrons. The van der Waals surface area contributed by atoms with E-state index >= 15 is 0 Å². The third-order valence-corrected chi connectivity index (χ3v) is 8.77. The van der Waals surface area contributed by atoms with Crippen molar-refractivity contribution in [3.05, 3.63) is 0 Å². The highest BCUT2D eigenvalue weighted by molar-refractivity contribution is 7.80. The van der Waals surface area contributed by atoms with E-state index in [1.165, 1.54) is 7.05 Å². The first-order valence-electron chi connectivity index (χ1n) is 6.59. The maximum Gasteiger partial charge on any atom is 0.395 e. The quantitative estimate of drug-likeness (QED) is 0.132. The molecule has 0 aromatic heterocycles. The molecule has 0 saturated heterocycles. The zero-order valence-electron chi connectivity index (χ0n) is 11.9. The van der Waals surface area contributed by atoms with Crippen LogP contribution in [0, 0.1) is 0 Å². The zero-order valence-corrected chi connectivity index (χ0v) is 15.3. The molecular formula is C10H24ClNO6P2S. The van der Waals surface area contributed by atoms with E-state index < -0.39 is 25.2 Å². The van der Waals surface area contributed by atoms with Gasteiger partial charge in [0.25, 0.3) is 5.52 Å². The largest absolute Gasteiger partial charge is 1.00 e. The number of thiol groups is 1. The summed E-state index contributed by atoms with van der Waals surface area (Å²) < 4.78 is 22.9. The van der Waals surface area contributed by atoms with E-state index in [2.05, 4.69) is 12.6 Å². The van der Waals surface area contributed by atoms with Crippen molar-refractivity contribution in [3.8, 4) is 0 Å². The average Bonchev–Trinajstić information content (AvgIpc) is 2.53. The average molecular weight is 384 g/mol. The molecule has 1 unspecified atom stereocenters. The number of hydrogen-bond acceptors (Lipinski definition) is 3. The third-order valence-electron chi connectivity index (χ3n) is 4.09. The van der Waals surface area contributed by atoms with Gasteiger partial charge < -0.3 is 32.0 Å². The number of hydrogen-bond donors (Lipinski definition) is 5. The van der Waals surface area contributed by atoms with Gasteiger partial charge in [-0.2, -0.15) is 0 Å². The van der Waals surface area contributed by atoms with Gasteiger partial charge in [0.05, 0.1) is 13.1 Å². The Morgan fingerprint density at radius 3 is 1.71 bits per heavy atom. The number of halogens is 1. The van der Waals surface area contributed by atoms with Gasteiger partial charge in [0.1, 0.15) is 5.88 Å². The molecule has 4 N–H and O–H groups in total. The lowest BCUT2D eigenvalue weighted by Crippen LogP contribution is -3.00. The molecule has 1 atom stereocenters. The van der Waals surface area contributed by atoms with Crippen LogP contribution in [-0.2, 0) is 9.13 Å². The maximum absolute atomic E-state index is 11.7.